The molecule has 0 aliphatic carbocycles. The third-order valence-electron chi connectivity index (χ3n) is 1.32. The average molecular weight is 181 g/mol. The number of aromatic nitrogens is 2. The van der Waals surface area contributed by atoms with Crippen molar-refractivity contribution in [1.82, 2.24) is 9.97 Å². The SMILES string of the molecule is CC(C)(N)COCc1ncccn1. The van der Waals surface area contributed by atoms with Gasteiger partial charge in [0.05, 0.1) is 6.61 Å². The molecule has 0 radical (unpaired) electrons. The zero-order chi connectivity index (χ0) is 9.73. The van der Waals surface area contributed by atoms with Crippen LogP contribution in [-0.2, 0) is 11.3 Å². The summed E-state index contributed by atoms with van der Waals surface area (Å²) in [5.74, 6) is 0.687. The lowest BCUT2D eigenvalue weighted by molar-refractivity contribution is 0.0807. The van der Waals surface area contributed by atoms with Gasteiger partial charge in [0, 0.05) is 17.9 Å². The summed E-state index contributed by atoms with van der Waals surface area (Å²) in [7, 11) is 0. The van der Waals surface area contributed by atoms with E-state index in [-0.39, 0.29) is 5.54 Å². The molecular weight excluding hydrogens is 166 g/mol. The van der Waals surface area contributed by atoms with Crippen LogP contribution >= 0.6 is 0 Å². The van der Waals surface area contributed by atoms with Crippen LogP contribution in [0.2, 0.25) is 0 Å². The summed E-state index contributed by atoms with van der Waals surface area (Å²) in [5.41, 5.74) is 5.44. The van der Waals surface area contributed by atoms with Gasteiger partial charge in [0.15, 0.2) is 5.82 Å². The van der Waals surface area contributed by atoms with Crippen molar-refractivity contribution in [2.75, 3.05) is 6.61 Å². The lowest BCUT2D eigenvalue weighted by atomic mass is 10.1. The number of nitrogens with zero attached hydrogens (tertiary/aromatic N) is 2. The first-order valence-electron chi connectivity index (χ1n) is 4.20. The molecule has 1 aromatic rings. The van der Waals surface area contributed by atoms with Gasteiger partial charge in [0.25, 0.3) is 0 Å². The fourth-order valence-electron chi connectivity index (χ4n) is 0.810. The first-order chi connectivity index (χ1) is 6.08. The van der Waals surface area contributed by atoms with E-state index in [2.05, 4.69) is 9.97 Å². The Morgan fingerprint density at radius 3 is 2.54 bits per heavy atom. The molecule has 0 bridgehead atoms. The van der Waals surface area contributed by atoms with Crippen LogP contribution in [0, 0.1) is 0 Å². The molecule has 13 heavy (non-hydrogen) atoms. The summed E-state index contributed by atoms with van der Waals surface area (Å²) >= 11 is 0. The number of ether oxygens (including phenoxy) is 1. The van der Waals surface area contributed by atoms with Gasteiger partial charge in [-0.05, 0) is 19.9 Å². The van der Waals surface area contributed by atoms with Crippen molar-refractivity contribution >= 4 is 0 Å². The van der Waals surface area contributed by atoms with Crippen LogP contribution in [-0.4, -0.2) is 22.1 Å². The molecule has 0 atom stereocenters. The van der Waals surface area contributed by atoms with E-state index in [4.69, 9.17) is 10.5 Å². The van der Waals surface area contributed by atoms with Crippen molar-refractivity contribution < 1.29 is 4.74 Å². The van der Waals surface area contributed by atoms with Gasteiger partial charge in [0.1, 0.15) is 6.61 Å². The molecule has 1 rings (SSSR count). The second-order valence-corrected chi connectivity index (χ2v) is 3.65. The average Bonchev–Trinajstić information content (AvgIpc) is 2.04. The number of hydrogen-bond donors (Lipinski definition) is 1. The van der Waals surface area contributed by atoms with Crippen LogP contribution in [0.4, 0.5) is 0 Å². The molecule has 1 heterocycles. The van der Waals surface area contributed by atoms with Crippen LogP contribution < -0.4 is 5.73 Å². The molecule has 4 nitrogen and oxygen atoms in total. The van der Waals surface area contributed by atoms with Crippen LogP contribution in [0.1, 0.15) is 19.7 Å². The van der Waals surface area contributed by atoms with Crippen LogP contribution in [0.5, 0.6) is 0 Å². The van der Waals surface area contributed by atoms with E-state index < -0.39 is 0 Å². The summed E-state index contributed by atoms with van der Waals surface area (Å²) in [5, 5.41) is 0. The highest BCUT2D eigenvalue weighted by Crippen LogP contribution is 1.99. The quantitative estimate of drug-likeness (QED) is 0.743. The molecular formula is C9H15N3O. The predicted molar refractivity (Wildman–Crippen MR) is 50.0 cm³/mol. The Bertz CT molecular complexity index is 243. The second kappa shape index (κ2) is 4.30. The molecule has 0 aliphatic heterocycles. The Hall–Kier alpha value is -1.00. The summed E-state index contributed by atoms with van der Waals surface area (Å²) in [6, 6.07) is 1.77. The van der Waals surface area contributed by atoms with Crippen LogP contribution in [0.3, 0.4) is 0 Å². The smallest absolute Gasteiger partial charge is 0.153 e. The molecule has 0 spiro atoms. The molecule has 0 aromatic carbocycles. The minimum Gasteiger partial charge on any atom is -0.372 e. The van der Waals surface area contributed by atoms with E-state index in [1.165, 1.54) is 0 Å². The van der Waals surface area contributed by atoms with Gasteiger partial charge >= 0.3 is 0 Å². The van der Waals surface area contributed by atoms with Crippen molar-refractivity contribution in [2.24, 2.45) is 5.73 Å². The highest BCUT2D eigenvalue weighted by atomic mass is 16.5. The predicted octanol–water partition coefficient (Wildman–Crippen LogP) is 0.730. The van der Waals surface area contributed by atoms with Crippen molar-refractivity contribution in [3.8, 4) is 0 Å². The lowest BCUT2D eigenvalue weighted by Crippen LogP contribution is -2.37. The molecule has 0 fully saturated rings. The van der Waals surface area contributed by atoms with Gasteiger partial charge in [-0.3, -0.25) is 0 Å². The highest BCUT2D eigenvalue weighted by Gasteiger charge is 2.10. The first kappa shape index (κ1) is 10.1. The Morgan fingerprint density at radius 2 is 2.00 bits per heavy atom. The van der Waals surface area contributed by atoms with Crippen molar-refractivity contribution in [3.63, 3.8) is 0 Å². The fourth-order valence-corrected chi connectivity index (χ4v) is 0.810. The van der Waals surface area contributed by atoms with Crippen molar-refractivity contribution in [1.29, 1.82) is 0 Å². The molecule has 4 heteroatoms. The monoisotopic (exact) mass is 181 g/mol. The molecule has 2 N–H and O–H groups in total. The standard InChI is InChI=1S/C9H15N3O/c1-9(2,10)7-13-6-8-11-4-3-5-12-8/h3-5H,6-7,10H2,1-2H3. The topological polar surface area (TPSA) is 61.0 Å². The van der Waals surface area contributed by atoms with Gasteiger partial charge in [-0.2, -0.15) is 0 Å². The molecule has 0 saturated heterocycles. The van der Waals surface area contributed by atoms with E-state index in [9.17, 15) is 0 Å². The zero-order valence-corrected chi connectivity index (χ0v) is 8.03. The van der Waals surface area contributed by atoms with Gasteiger partial charge in [0.2, 0.25) is 0 Å². The highest BCUT2D eigenvalue weighted by molar-refractivity contribution is 4.86. The number of hydrogen-bond acceptors (Lipinski definition) is 4. The first-order valence-corrected chi connectivity index (χ1v) is 4.20. The summed E-state index contributed by atoms with van der Waals surface area (Å²) in [6.45, 7) is 4.75. The summed E-state index contributed by atoms with van der Waals surface area (Å²) in [4.78, 5) is 8.04. The van der Waals surface area contributed by atoms with Gasteiger partial charge in [-0.25, -0.2) is 9.97 Å². The Balaban J connectivity index is 2.29. The van der Waals surface area contributed by atoms with Gasteiger partial charge in [-0.1, -0.05) is 0 Å². The van der Waals surface area contributed by atoms with E-state index in [1.54, 1.807) is 18.5 Å². The van der Waals surface area contributed by atoms with Crippen molar-refractivity contribution in [2.45, 2.75) is 26.0 Å². The maximum absolute atomic E-state index is 5.73. The molecule has 72 valence electrons. The normalized spacial score (nSPS) is 11.6. The van der Waals surface area contributed by atoms with Crippen LogP contribution in [0.15, 0.2) is 18.5 Å². The Morgan fingerprint density at radius 1 is 1.38 bits per heavy atom. The number of nitrogens with two attached hydrogens (primary N) is 1. The maximum Gasteiger partial charge on any atom is 0.153 e. The molecule has 0 saturated carbocycles. The number of rotatable bonds is 4. The Labute approximate surface area is 78.1 Å². The van der Waals surface area contributed by atoms with E-state index >= 15 is 0 Å². The Kier molecular flexibility index (Phi) is 3.33. The fraction of sp³-hybridized carbons (Fsp3) is 0.556. The van der Waals surface area contributed by atoms with Crippen LogP contribution in [0.25, 0.3) is 0 Å². The molecule has 0 amide bonds. The molecule has 0 aliphatic rings. The minimum absolute atomic E-state index is 0.297. The van der Waals surface area contributed by atoms with Gasteiger partial charge < -0.3 is 10.5 Å². The summed E-state index contributed by atoms with van der Waals surface area (Å²) < 4.78 is 5.33. The third kappa shape index (κ3) is 4.55. The largest absolute Gasteiger partial charge is 0.372 e. The zero-order valence-electron chi connectivity index (χ0n) is 8.03. The third-order valence-corrected chi connectivity index (χ3v) is 1.32. The molecule has 0 unspecified atom stereocenters. The summed E-state index contributed by atoms with van der Waals surface area (Å²) in [6.07, 6.45) is 3.39. The van der Waals surface area contributed by atoms with Crippen molar-refractivity contribution in [3.05, 3.63) is 24.3 Å². The van der Waals surface area contributed by atoms with Gasteiger partial charge in [-0.15, -0.1) is 0 Å². The van der Waals surface area contributed by atoms with E-state index in [0.717, 1.165) is 0 Å². The maximum atomic E-state index is 5.73. The van der Waals surface area contributed by atoms with E-state index in [1.807, 2.05) is 13.8 Å². The second-order valence-electron chi connectivity index (χ2n) is 3.65. The molecule has 1 aromatic heterocycles. The lowest BCUT2D eigenvalue weighted by Gasteiger charge is -2.17. The minimum atomic E-state index is -0.297. The van der Waals surface area contributed by atoms with E-state index in [0.29, 0.717) is 19.0 Å².